The van der Waals surface area contributed by atoms with E-state index in [1.165, 1.54) is 6.42 Å². The average Bonchev–Trinajstić information content (AvgIpc) is 2.78. The van der Waals surface area contributed by atoms with Crippen LogP contribution in [0, 0.1) is 11.3 Å². The monoisotopic (exact) mass is 392 g/mol. The van der Waals surface area contributed by atoms with Crippen molar-refractivity contribution in [1.82, 2.24) is 5.43 Å². The Labute approximate surface area is 174 Å². The highest BCUT2D eigenvalue weighted by Crippen LogP contribution is 2.39. The van der Waals surface area contributed by atoms with Gasteiger partial charge in [0.2, 0.25) is 0 Å². The first-order valence-corrected chi connectivity index (χ1v) is 10.6. The van der Waals surface area contributed by atoms with Gasteiger partial charge in [0.05, 0.1) is 0 Å². The van der Waals surface area contributed by atoms with Crippen LogP contribution in [-0.4, -0.2) is 16.7 Å². The van der Waals surface area contributed by atoms with Gasteiger partial charge in [-0.25, -0.2) is 5.43 Å². The van der Waals surface area contributed by atoms with E-state index in [2.05, 4.69) is 31.3 Å². The predicted molar refractivity (Wildman–Crippen MR) is 117 cm³/mol. The lowest BCUT2D eigenvalue weighted by molar-refractivity contribution is -0.136. The molecule has 1 aliphatic rings. The van der Waals surface area contributed by atoms with Crippen LogP contribution in [0.4, 0.5) is 0 Å². The lowest BCUT2D eigenvalue weighted by Crippen LogP contribution is -2.44. The van der Waals surface area contributed by atoms with Crippen LogP contribution in [0.5, 0.6) is 0 Å². The highest BCUT2D eigenvalue weighted by Gasteiger charge is 2.40. The van der Waals surface area contributed by atoms with Gasteiger partial charge in [0, 0.05) is 5.71 Å². The zero-order valence-corrected chi connectivity index (χ0v) is 17.7. The minimum atomic E-state index is -1.78. The van der Waals surface area contributed by atoms with E-state index in [1.807, 2.05) is 36.4 Å². The zero-order chi connectivity index (χ0) is 20.9. The topological polar surface area (TPSA) is 61.7 Å². The molecule has 1 fully saturated rings. The Morgan fingerprint density at radius 3 is 1.93 bits per heavy atom. The molecule has 0 atom stereocenters. The first kappa shape index (κ1) is 21.3. The first-order chi connectivity index (χ1) is 13.9. The van der Waals surface area contributed by atoms with E-state index in [9.17, 15) is 9.90 Å². The molecule has 0 heterocycles. The highest BCUT2D eigenvalue weighted by molar-refractivity contribution is 5.92. The second-order valence-corrected chi connectivity index (χ2v) is 8.68. The number of carbonyl (C=O) groups excluding carboxylic acids is 1. The van der Waals surface area contributed by atoms with Crippen molar-refractivity contribution >= 4 is 11.6 Å². The molecular weight excluding hydrogens is 360 g/mol. The molecule has 0 aliphatic heterocycles. The van der Waals surface area contributed by atoms with Crippen LogP contribution in [-0.2, 0) is 10.4 Å². The predicted octanol–water partition coefficient (Wildman–Crippen LogP) is 5.02. The zero-order valence-electron chi connectivity index (χ0n) is 17.7. The third kappa shape index (κ3) is 4.59. The smallest absolute Gasteiger partial charge is 0.281 e. The quantitative estimate of drug-likeness (QED) is 0.678. The Balaban J connectivity index is 1.76. The summed E-state index contributed by atoms with van der Waals surface area (Å²) in [4.78, 5) is 13.1. The summed E-state index contributed by atoms with van der Waals surface area (Å²) in [6.45, 7) is 6.92. The number of carbonyl (C=O) groups is 1. The first-order valence-electron chi connectivity index (χ1n) is 10.6. The van der Waals surface area contributed by atoms with Crippen LogP contribution in [0.3, 0.4) is 0 Å². The molecule has 0 bridgehead atoms. The maximum Gasteiger partial charge on any atom is 0.281 e. The van der Waals surface area contributed by atoms with Gasteiger partial charge in [-0.2, -0.15) is 5.10 Å². The number of aliphatic hydroxyl groups is 1. The van der Waals surface area contributed by atoms with Gasteiger partial charge >= 0.3 is 0 Å². The Bertz CT molecular complexity index is 794. The number of hydrogen-bond acceptors (Lipinski definition) is 3. The fraction of sp³-hybridized carbons (Fsp3) is 0.440. The van der Waals surface area contributed by atoms with Crippen LogP contribution in [0.1, 0.15) is 64.0 Å². The summed E-state index contributed by atoms with van der Waals surface area (Å²) in [6, 6.07) is 18.0. The molecule has 0 unspecified atom stereocenters. The molecule has 0 radical (unpaired) electrons. The Kier molecular flexibility index (Phi) is 6.53. The van der Waals surface area contributed by atoms with Crippen molar-refractivity contribution in [3.05, 3.63) is 71.8 Å². The normalized spacial score (nSPS) is 17.7. The van der Waals surface area contributed by atoms with Crippen molar-refractivity contribution < 1.29 is 9.90 Å². The van der Waals surface area contributed by atoms with E-state index in [1.54, 1.807) is 24.3 Å². The van der Waals surface area contributed by atoms with E-state index >= 15 is 0 Å². The maximum atomic E-state index is 13.1. The number of rotatable bonds is 6. The molecule has 1 amide bonds. The molecule has 1 aliphatic carbocycles. The van der Waals surface area contributed by atoms with Gasteiger partial charge in [0.25, 0.3) is 5.91 Å². The molecule has 0 aromatic heterocycles. The Morgan fingerprint density at radius 2 is 1.48 bits per heavy atom. The van der Waals surface area contributed by atoms with Gasteiger partial charge in [0.1, 0.15) is 0 Å². The van der Waals surface area contributed by atoms with Gasteiger partial charge < -0.3 is 5.11 Å². The van der Waals surface area contributed by atoms with Crippen molar-refractivity contribution in [3.63, 3.8) is 0 Å². The molecule has 154 valence electrons. The number of nitrogens with one attached hydrogen (secondary N) is 1. The van der Waals surface area contributed by atoms with E-state index in [4.69, 9.17) is 0 Å². The Morgan fingerprint density at radius 1 is 1.00 bits per heavy atom. The van der Waals surface area contributed by atoms with Crippen LogP contribution in [0.2, 0.25) is 0 Å². The lowest BCUT2D eigenvalue weighted by Gasteiger charge is -2.36. The van der Waals surface area contributed by atoms with Crippen LogP contribution >= 0.6 is 0 Å². The lowest BCUT2D eigenvalue weighted by atomic mass is 9.69. The van der Waals surface area contributed by atoms with Crippen molar-refractivity contribution in [3.8, 4) is 0 Å². The van der Waals surface area contributed by atoms with Crippen LogP contribution in [0.25, 0.3) is 0 Å². The molecule has 2 aromatic carbocycles. The number of nitrogens with zero attached hydrogens (tertiary/aromatic N) is 1. The summed E-state index contributed by atoms with van der Waals surface area (Å²) >= 11 is 0. The summed E-state index contributed by atoms with van der Waals surface area (Å²) in [7, 11) is 0. The van der Waals surface area contributed by atoms with Gasteiger partial charge in [-0.15, -0.1) is 0 Å². The molecule has 4 nitrogen and oxygen atoms in total. The molecule has 1 saturated carbocycles. The van der Waals surface area contributed by atoms with Crippen molar-refractivity contribution in [2.75, 3.05) is 0 Å². The number of hydrogen-bond donors (Lipinski definition) is 2. The van der Waals surface area contributed by atoms with Gasteiger partial charge in [-0.1, -0.05) is 87.9 Å². The van der Waals surface area contributed by atoms with Crippen LogP contribution < -0.4 is 5.43 Å². The molecule has 29 heavy (non-hydrogen) atoms. The van der Waals surface area contributed by atoms with E-state index in [0.717, 1.165) is 31.4 Å². The summed E-state index contributed by atoms with van der Waals surface area (Å²) in [5, 5.41) is 15.9. The Hall–Kier alpha value is -2.46. The second kappa shape index (κ2) is 8.91. The SMILES string of the molecule is CCC(C)(C)C1CCC(=NNC(=O)C(O)(c2ccccc2)c2ccccc2)CC1. The third-order valence-corrected chi connectivity index (χ3v) is 6.61. The summed E-state index contributed by atoms with van der Waals surface area (Å²) in [5.41, 5.74) is 3.27. The molecule has 2 aromatic rings. The van der Waals surface area contributed by atoms with Crippen molar-refractivity contribution in [2.45, 2.75) is 58.5 Å². The van der Waals surface area contributed by atoms with E-state index < -0.39 is 11.5 Å². The molecular formula is C25H32N2O2. The summed E-state index contributed by atoms with van der Waals surface area (Å²) in [5.74, 6) is 0.158. The van der Waals surface area contributed by atoms with Crippen LogP contribution in [0.15, 0.2) is 65.8 Å². The summed E-state index contributed by atoms with van der Waals surface area (Å²) < 4.78 is 0. The number of benzene rings is 2. The molecule has 4 heteroatoms. The molecule has 0 saturated heterocycles. The maximum absolute atomic E-state index is 13.1. The number of hydrazone groups is 1. The van der Waals surface area contributed by atoms with Gasteiger partial charge in [-0.05, 0) is 48.1 Å². The highest BCUT2D eigenvalue weighted by atomic mass is 16.3. The average molecular weight is 393 g/mol. The second-order valence-electron chi connectivity index (χ2n) is 8.68. The molecule has 3 rings (SSSR count). The van der Waals surface area contributed by atoms with Crippen molar-refractivity contribution in [1.29, 1.82) is 0 Å². The fourth-order valence-corrected chi connectivity index (χ4v) is 4.13. The fourth-order valence-electron chi connectivity index (χ4n) is 4.13. The van der Waals surface area contributed by atoms with E-state index in [0.29, 0.717) is 22.5 Å². The standard InChI is InChI=1S/C25H32N2O2/c1-4-24(2,3)19-15-17-22(18-16-19)26-27-23(28)25(29,20-11-7-5-8-12-20)21-13-9-6-10-14-21/h5-14,19,29H,4,15-18H2,1-3H3,(H,27,28). The minimum Gasteiger partial charge on any atom is -0.372 e. The third-order valence-electron chi connectivity index (χ3n) is 6.61. The molecule has 0 spiro atoms. The number of amides is 1. The largest absolute Gasteiger partial charge is 0.372 e. The minimum absolute atomic E-state index is 0.343. The summed E-state index contributed by atoms with van der Waals surface area (Å²) in [6.07, 6.45) is 5.14. The van der Waals surface area contributed by atoms with Gasteiger partial charge in [-0.3, -0.25) is 4.79 Å². The van der Waals surface area contributed by atoms with Crippen molar-refractivity contribution in [2.24, 2.45) is 16.4 Å². The van der Waals surface area contributed by atoms with E-state index in [-0.39, 0.29) is 0 Å². The van der Waals surface area contributed by atoms with Gasteiger partial charge in [0.15, 0.2) is 5.60 Å². The molecule has 2 N–H and O–H groups in total.